The third-order valence-corrected chi connectivity index (χ3v) is 2.75. The van der Waals surface area contributed by atoms with Gasteiger partial charge in [-0.15, -0.1) is 13.2 Å². The molecular weight excluding hydrogens is 287 g/mol. The summed E-state index contributed by atoms with van der Waals surface area (Å²) in [5.41, 5.74) is 0.824. The molecule has 8 heteroatoms. The first-order valence-corrected chi connectivity index (χ1v) is 6.22. The van der Waals surface area contributed by atoms with Crippen molar-refractivity contribution in [1.82, 2.24) is 15.5 Å². The Bertz CT molecular complexity index is 581. The highest BCUT2D eigenvalue weighted by atomic mass is 19.4. The van der Waals surface area contributed by atoms with Gasteiger partial charge >= 0.3 is 6.36 Å². The van der Waals surface area contributed by atoms with Gasteiger partial charge < -0.3 is 14.6 Å². The van der Waals surface area contributed by atoms with Crippen molar-refractivity contribution in [3.8, 4) is 5.75 Å². The predicted octanol–water partition coefficient (Wildman–Crippen LogP) is 3.13. The number of rotatable bonds is 5. The van der Waals surface area contributed by atoms with E-state index < -0.39 is 6.36 Å². The molecule has 0 radical (unpaired) electrons. The van der Waals surface area contributed by atoms with Gasteiger partial charge in [0.05, 0.1) is 6.54 Å². The van der Waals surface area contributed by atoms with Crippen LogP contribution in [0.5, 0.6) is 5.75 Å². The van der Waals surface area contributed by atoms with Crippen molar-refractivity contribution in [2.75, 3.05) is 0 Å². The Hall–Kier alpha value is -2.09. The number of nitrogens with one attached hydrogen (secondary N) is 1. The molecule has 114 valence electrons. The normalized spacial score (nSPS) is 13.2. The monoisotopic (exact) mass is 301 g/mol. The molecule has 5 nitrogen and oxygen atoms in total. The van der Waals surface area contributed by atoms with Crippen LogP contribution in [0.4, 0.5) is 13.2 Å². The Morgan fingerprint density at radius 2 is 1.95 bits per heavy atom. The molecule has 0 saturated carbocycles. The molecular formula is C13H14F3N3O2. The zero-order valence-corrected chi connectivity index (χ0v) is 11.4. The lowest BCUT2D eigenvalue weighted by molar-refractivity contribution is -0.274. The Labute approximate surface area is 119 Å². The van der Waals surface area contributed by atoms with Crippen molar-refractivity contribution >= 4 is 0 Å². The smallest absolute Gasteiger partial charge is 0.406 e. The van der Waals surface area contributed by atoms with Gasteiger partial charge in [0.15, 0.2) is 5.82 Å². The van der Waals surface area contributed by atoms with Gasteiger partial charge in [-0.05, 0) is 24.6 Å². The molecule has 1 N–H and O–H groups in total. The van der Waals surface area contributed by atoms with Gasteiger partial charge in [0, 0.05) is 13.0 Å². The van der Waals surface area contributed by atoms with Gasteiger partial charge in [0.1, 0.15) is 5.75 Å². The minimum atomic E-state index is -4.68. The highest BCUT2D eigenvalue weighted by Crippen LogP contribution is 2.24. The molecule has 21 heavy (non-hydrogen) atoms. The Kier molecular flexibility index (Phi) is 4.46. The lowest BCUT2D eigenvalue weighted by atomic mass is 10.1. The molecule has 0 bridgehead atoms. The molecule has 0 aliphatic rings. The largest absolute Gasteiger partial charge is 0.573 e. The third-order valence-electron chi connectivity index (χ3n) is 2.75. The number of nitrogens with zero attached hydrogens (tertiary/aromatic N) is 2. The number of halogens is 3. The summed E-state index contributed by atoms with van der Waals surface area (Å²) in [5, 5.41) is 6.89. The molecule has 2 aromatic rings. The van der Waals surface area contributed by atoms with E-state index >= 15 is 0 Å². The number of aromatic nitrogens is 2. The Morgan fingerprint density at radius 3 is 2.48 bits per heavy atom. The number of benzene rings is 1. The van der Waals surface area contributed by atoms with Crippen molar-refractivity contribution in [2.45, 2.75) is 32.8 Å². The zero-order valence-electron chi connectivity index (χ0n) is 11.4. The molecule has 1 unspecified atom stereocenters. The fraction of sp³-hybridized carbons (Fsp3) is 0.385. The van der Waals surface area contributed by atoms with Crippen LogP contribution in [0.2, 0.25) is 0 Å². The fourth-order valence-electron chi connectivity index (χ4n) is 1.73. The third kappa shape index (κ3) is 4.75. The van der Waals surface area contributed by atoms with Crippen LogP contribution in [0.15, 0.2) is 28.8 Å². The molecule has 1 atom stereocenters. The summed E-state index contributed by atoms with van der Waals surface area (Å²) in [6.45, 7) is 3.98. The average molecular weight is 301 g/mol. The molecule has 1 heterocycles. The minimum Gasteiger partial charge on any atom is -0.406 e. The van der Waals surface area contributed by atoms with Crippen LogP contribution in [-0.2, 0) is 6.54 Å². The van der Waals surface area contributed by atoms with E-state index in [1.807, 2.05) is 6.92 Å². The second-order valence-electron chi connectivity index (χ2n) is 4.45. The van der Waals surface area contributed by atoms with Gasteiger partial charge in [0.25, 0.3) is 0 Å². The van der Waals surface area contributed by atoms with Crippen LogP contribution in [0.3, 0.4) is 0 Å². The maximum atomic E-state index is 12.1. The molecule has 1 aromatic heterocycles. The van der Waals surface area contributed by atoms with Gasteiger partial charge in [-0.2, -0.15) is 4.98 Å². The second-order valence-corrected chi connectivity index (χ2v) is 4.45. The number of hydrogen-bond acceptors (Lipinski definition) is 5. The summed E-state index contributed by atoms with van der Waals surface area (Å²) < 4.78 is 44.8. The van der Waals surface area contributed by atoms with Crippen molar-refractivity contribution in [3.05, 3.63) is 41.5 Å². The Morgan fingerprint density at radius 1 is 1.29 bits per heavy atom. The van der Waals surface area contributed by atoms with Crippen molar-refractivity contribution < 1.29 is 22.4 Å². The SMILES string of the molecule is Cc1nc(CNC(C)c2ccc(OC(F)(F)F)cc2)no1. The van der Waals surface area contributed by atoms with Crippen LogP contribution in [-0.4, -0.2) is 16.5 Å². The summed E-state index contributed by atoms with van der Waals surface area (Å²) in [5.74, 6) is 0.761. The van der Waals surface area contributed by atoms with E-state index in [4.69, 9.17) is 4.52 Å². The summed E-state index contributed by atoms with van der Waals surface area (Å²) in [7, 11) is 0. The molecule has 0 spiro atoms. The summed E-state index contributed by atoms with van der Waals surface area (Å²) >= 11 is 0. The van der Waals surface area contributed by atoms with Crippen LogP contribution >= 0.6 is 0 Å². The molecule has 0 fully saturated rings. The highest BCUT2D eigenvalue weighted by Gasteiger charge is 2.30. The van der Waals surface area contributed by atoms with E-state index in [2.05, 4.69) is 20.2 Å². The van der Waals surface area contributed by atoms with Crippen LogP contribution in [0.25, 0.3) is 0 Å². The summed E-state index contributed by atoms with van der Waals surface area (Å²) in [6, 6.07) is 5.61. The first-order valence-electron chi connectivity index (χ1n) is 6.22. The zero-order chi connectivity index (χ0) is 15.5. The van der Waals surface area contributed by atoms with Gasteiger partial charge in [-0.3, -0.25) is 0 Å². The van der Waals surface area contributed by atoms with Crippen LogP contribution < -0.4 is 10.1 Å². The van der Waals surface area contributed by atoms with E-state index in [9.17, 15) is 13.2 Å². The van der Waals surface area contributed by atoms with E-state index in [1.54, 1.807) is 19.1 Å². The lowest BCUT2D eigenvalue weighted by Gasteiger charge is -2.14. The highest BCUT2D eigenvalue weighted by molar-refractivity contribution is 5.29. The van der Waals surface area contributed by atoms with Gasteiger partial charge in [-0.25, -0.2) is 0 Å². The molecule has 0 aliphatic heterocycles. The Balaban J connectivity index is 1.91. The molecule has 0 amide bonds. The summed E-state index contributed by atoms with van der Waals surface area (Å²) in [4.78, 5) is 4.05. The molecule has 1 aromatic carbocycles. The number of ether oxygens (including phenoxy) is 1. The van der Waals surface area contributed by atoms with Crippen molar-refractivity contribution in [2.24, 2.45) is 0 Å². The fourth-order valence-corrected chi connectivity index (χ4v) is 1.73. The predicted molar refractivity (Wildman–Crippen MR) is 67.4 cm³/mol. The standard InChI is InChI=1S/C13H14F3N3O2/c1-8(17-7-12-18-9(2)21-19-12)10-3-5-11(6-4-10)20-13(14,15)16/h3-6,8,17H,7H2,1-2H3. The number of alkyl halides is 3. The summed E-state index contributed by atoms with van der Waals surface area (Å²) in [6.07, 6.45) is -4.68. The van der Waals surface area contributed by atoms with Gasteiger partial charge in [0.2, 0.25) is 5.89 Å². The maximum Gasteiger partial charge on any atom is 0.573 e. The molecule has 0 aliphatic carbocycles. The average Bonchev–Trinajstić information content (AvgIpc) is 2.81. The molecule has 2 rings (SSSR count). The number of aryl methyl sites for hydroxylation is 1. The first-order chi connectivity index (χ1) is 9.83. The quantitative estimate of drug-likeness (QED) is 0.919. The topological polar surface area (TPSA) is 60.2 Å². The van der Waals surface area contributed by atoms with Gasteiger partial charge in [-0.1, -0.05) is 17.3 Å². The maximum absolute atomic E-state index is 12.1. The van der Waals surface area contributed by atoms with Crippen molar-refractivity contribution in [1.29, 1.82) is 0 Å². The first kappa shape index (κ1) is 15.3. The minimum absolute atomic E-state index is 0.0799. The number of hydrogen-bond donors (Lipinski definition) is 1. The second kappa shape index (κ2) is 6.13. The van der Waals surface area contributed by atoms with Crippen LogP contribution in [0, 0.1) is 6.92 Å². The lowest BCUT2D eigenvalue weighted by Crippen LogP contribution is -2.19. The van der Waals surface area contributed by atoms with E-state index in [-0.39, 0.29) is 11.8 Å². The molecule has 0 saturated heterocycles. The van der Waals surface area contributed by atoms with Crippen molar-refractivity contribution in [3.63, 3.8) is 0 Å². The van der Waals surface area contributed by atoms with E-state index in [0.717, 1.165) is 5.56 Å². The van der Waals surface area contributed by atoms with E-state index in [1.165, 1.54) is 12.1 Å². The van der Waals surface area contributed by atoms with E-state index in [0.29, 0.717) is 18.3 Å². The van der Waals surface area contributed by atoms with Crippen LogP contribution in [0.1, 0.15) is 30.2 Å².